The number of ether oxygens (including phenoxy) is 1. The highest BCUT2D eigenvalue weighted by Crippen LogP contribution is 2.69. The maximum absolute atomic E-state index is 12.7. The van der Waals surface area contributed by atoms with E-state index in [2.05, 4.69) is 15.4 Å². The fraction of sp³-hybridized carbons (Fsp3) is 0.333. The van der Waals surface area contributed by atoms with Crippen LogP contribution in [0.1, 0.15) is 41.6 Å². The van der Waals surface area contributed by atoms with Gasteiger partial charge in [0.05, 0.1) is 11.8 Å². The van der Waals surface area contributed by atoms with E-state index in [9.17, 15) is 9.59 Å². The van der Waals surface area contributed by atoms with Crippen molar-refractivity contribution in [1.82, 2.24) is 20.1 Å². The molecule has 0 aliphatic heterocycles. The van der Waals surface area contributed by atoms with Crippen molar-refractivity contribution in [3.8, 4) is 11.6 Å². The summed E-state index contributed by atoms with van der Waals surface area (Å²) in [7, 11) is 0. The van der Waals surface area contributed by atoms with E-state index >= 15 is 0 Å². The molecule has 3 aromatic rings. The highest BCUT2D eigenvalue weighted by molar-refractivity contribution is 6.31. The number of pyridine rings is 1. The number of benzene rings is 1. The van der Waals surface area contributed by atoms with Crippen LogP contribution in [-0.4, -0.2) is 38.6 Å². The number of aryl methyl sites for hydroxylation is 1. The number of ketones is 1. The number of carbonyl (C=O) groups excluding carboxylic acids is 2. The summed E-state index contributed by atoms with van der Waals surface area (Å²) < 4.78 is 7.21. The van der Waals surface area contributed by atoms with Crippen LogP contribution in [0.25, 0.3) is 5.82 Å². The Kier molecular flexibility index (Phi) is 5.01. The Morgan fingerprint density at radius 3 is 2.75 bits per heavy atom. The average Bonchev–Trinajstić information content (AvgIpc) is 3.23. The van der Waals surface area contributed by atoms with Gasteiger partial charge in [-0.3, -0.25) is 9.59 Å². The highest BCUT2D eigenvalue weighted by atomic mass is 35.5. The molecule has 3 aliphatic rings. The van der Waals surface area contributed by atoms with Gasteiger partial charge in [-0.15, -0.1) is 0 Å². The van der Waals surface area contributed by atoms with Crippen molar-refractivity contribution in [2.24, 2.45) is 5.41 Å². The summed E-state index contributed by atoms with van der Waals surface area (Å²) in [5.74, 6) is 1.24. The molecule has 7 nitrogen and oxygen atoms in total. The summed E-state index contributed by atoms with van der Waals surface area (Å²) in [6.07, 6.45) is 7.86. The van der Waals surface area contributed by atoms with Crippen molar-refractivity contribution in [3.05, 3.63) is 71.1 Å². The van der Waals surface area contributed by atoms with Crippen LogP contribution >= 0.6 is 11.6 Å². The first-order valence-corrected chi connectivity index (χ1v) is 10.9. The van der Waals surface area contributed by atoms with Crippen molar-refractivity contribution in [2.75, 3.05) is 6.61 Å². The van der Waals surface area contributed by atoms with E-state index in [1.807, 2.05) is 31.2 Å². The molecule has 32 heavy (non-hydrogen) atoms. The zero-order valence-corrected chi connectivity index (χ0v) is 18.4. The lowest BCUT2D eigenvalue weighted by molar-refractivity contribution is -0.162. The zero-order valence-electron chi connectivity index (χ0n) is 17.7. The van der Waals surface area contributed by atoms with Crippen LogP contribution in [0.15, 0.2) is 55.0 Å². The predicted molar refractivity (Wildman–Crippen MR) is 119 cm³/mol. The first kappa shape index (κ1) is 20.7. The van der Waals surface area contributed by atoms with Gasteiger partial charge in [-0.1, -0.05) is 17.7 Å². The Bertz CT molecular complexity index is 1170. The number of carbonyl (C=O) groups is 2. The topological polar surface area (TPSA) is 86.1 Å². The molecule has 1 N–H and O–H groups in total. The van der Waals surface area contributed by atoms with Crippen LogP contribution in [-0.2, 0) is 4.79 Å². The fourth-order valence-electron chi connectivity index (χ4n) is 5.03. The Labute approximate surface area is 190 Å². The lowest BCUT2D eigenvalue weighted by Gasteiger charge is -2.70. The zero-order chi connectivity index (χ0) is 22.3. The Balaban J connectivity index is 1.10. The van der Waals surface area contributed by atoms with Crippen LogP contribution < -0.4 is 10.1 Å². The van der Waals surface area contributed by atoms with Crippen LogP contribution in [0.2, 0.25) is 5.02 Å². The van der Waals surface area contributed by atoms with Gasteiger partial charge in [0.1, 0.15) is 12.4 Å². The molecular formula is C24H23ClN4O3. The molecule has 6 rings (SSSR count). The van der Waals surface area contributed by atoms with Crippen molar-refractivity contribution in [3.63, 3.8) is 0 Å². The van der Waals surface area contributed by atoms with Crippen LogP contribution in [0.3, 0.4) is 0 Å². The summed E-state index contributed by atoms with van der Waals surface area (Å²) in [6, 6.07) is 10.9. The summed E-state index contributed by atoms with van der Waals surface area (Å²) >= 11 is 6.02. The standard InChI is InChI=1S/C24H23ClN4O3/c1-16-8-19(5-6-20(16)25)32-12-18(30)9-23-13-24(14-23,15-23)28-22(31)17-10-27-29(11-17)21-4-2-3-7-26-21/h2-8,10-11H,9,12-15H2,1H3,(H,28,31). The molecule has 2 aromatic heterocycles. The fourth-order valence-corrected chi connectivity index (χ4v) is 5.14. The molecule has 2 heterocycles. The summed E-state index contributed by atoms with van der Waals surface area (Å²) in [6.45, 7) is 1.95. The number of amides is 1. The average molecular weight is 451 g/mol. The van der Waals surface area contributed by atoms with Gasteiger partial charge >= 0.3 is 0 Å². The maximum atomic E-state index is 12.7. The molecule has 8 heteroatoms. The molecule has 0 unspecified atom stereocenters. The highest BCUT2D eigenvalue weighted by Gasteiger charge is 2.68. The molecule has 3 aliphatic carbocycles. The van der Waals surface area contributed by atoms with Crippen molar-refractivity contribution >= 4 is 23.3 Å². The molecule has 0 atom stereocenters. The molecule has 0 spiro atoms. The number of hydrogen-bond acceptors (Lipinski definition) is 5. The third kappa shape index (κ3) is 3.88. The molecule has 1 aromatic carbocycles. The van der Waals surface area contributed by atoms with Crippen LogP contribution in [0.4, 0.5) is 0 Å². The number of aromatic nitrogens is 3. The molecule has 3 saturated carbocycles. The van der Waals surface area contributed by atoms with Crippen molar-refractivity contribution in [1.29, 1.82) is 0 Å². The molecular weight excluding hydrogens is 428 g/mol. The van der Waals surface area contributed by atoms with Crippen molar-refractivity contribution < 1.29 is 14.3 Å². The third-order valence-electron chi connectivity index (χ3n) is 6.35. The Hall–Kier alpha value is -3.19. The second-order valence-electron chi connectivity index (χ2n) is 9.04. The maximum Gasteiger partial charge on any atom is 0.254 e. The summed E-state index contributed by atoms with van der Waals surface area (Å²) in [5.41, 5.74) is 1.22. The van der Waals surface area contributed by atoms with E-state index in [4.69, 9.17) is 16.3 Å². The van der Waals surface area contributed by atoms with E-state index < -0.39 is 0 Å². The number of halogens is 1. The van der Waals surface area contributed by atoms with Gasteiger partial charge in [0.25, 0.3) is 5.91 Å². The second-order valence-corrected chi connectivity index (χ2v) is 9.45. The first-order chi connectivity index (χ1) is 15.4. The molecule has 0 radical (unpaired) electrons. The van der Waals surface area contributed by atoms with Crippen LogP contribution in [0, 0.1) is 12.3 Å². The first-order valence-electron chi connectivity index (χ1n) is 10.5. The van der Waals surface area contributed by atoms with Gasteiger partial charge in [0.15, 0.2) is 11.6 Å². The lowest BCUT2D eigenvalue weighted by atomic mass is 9.38. The van der Waals surface area contributed by atoms with Gasteiger partial charge in [0.2, 0.25) is 0 Å². The van der Waals surface area contributed by atoms with Gasteiger partial charge in [-0.25, -0.2) is 9.67 Å². The number of nitrogens with one attached hydrogen (secondary N) is 1. The van der Waals surface area contributed by atoms with Gasteiger partial charge in [0, 0.05) is 29.4 Å². The number of hydrogen-bond donors (Lipinski definition) is 1. The van der Waals surface area contributed by atoms with Crippen LogP contribution in [0.5, 0.6) is 5.75 Å². The number of Topliss-reactive ketones (excluding diaryl/α,β-unsaturated/α-hetero) is 1. The Morgan fingerprint density at radius 2 is 2.03 bits per heavy atom. The lowest BCUT2D eigenvalue weighted by Crippen LogP contribution is -2.75. The molecule has 2 bridgehead atoms. The van der Waals surface area contributed by atoms with E-state index in [0.29, 0.717) is 28.6 Å². The minimum Gasteiger partial charge on any atom is -0.486 e. The number of nitrogens with zero attached hydrogens (tertiary/aromatic N) is 3. The van der Waals surface area contributed by atoms with Gasteiger partial charge in [-0.05, 0) is 67.5 Å². The monoisotopic (exact) mass is 450 g/mol. The van der Waals surface area contributed by atoms with E-state index in [1.54, 1.807) is 35.4 Å². The SMILES string of the molecule is Cc1cc(OCC(=O)CC23CC(NC(=O)c4cnn(-c5ccccn5)c4)(C2)C3)ccc1Cl. The summed E-state index contributed by atoms with van der Waals surface area (Å²) in [5, 5.41) is 8.04. The largest absolute Gasteiger partial charge is 0.486 e. The smallest absolute Gasteiger partial charge is 0.254 e. The minimum absolute atomic E-state index is 0.00176. The number of rotatable bonds is 8. The van der Waals surface area contributed by atoms with E-state index in [0.717, 1.165) is 24.8 Å². The predicted octanol–water partition coefficient (Wildman–Crippen LogP) is 3.92. The molecule has 3 fully saturated rings. The molecule has 1 amide bonds. The van der Waals surface area contributed by atoms with E-state index in [-0.39, 0.29) is 29.3 Å². The molecule has 164 valence electrons. The van der Waals surface area contributed by atoms with Crippen molar-refractivity contribution in [2.45, 2.75) is 38.1 Å². The Morgan fingerprint density at radius 1 is 1.22 bits per heavy atom. The van der Waals surface area contributed by atoms with Gasteiger partial charge in [-0.2, -0.15) is 5.10 Å². The van der Waals surface area contributed by atoms with Gasteiger partial charge < -0.3 is 10.1 Å². The summed E-state index contributed by atoms with van der Waals surface area (Å²) in [4.78, 5) is 29.3. The molecule has 0 saturated heterocycles. The quantitative estimate of drug-likeness (QED) is 0.562. The third-order valence-corrected chi connectivity index (χ3v) is 6.77. The van der Waals surface area contributed by atoms with E-state index in [1.165, 1.54) is 0 Å². The second kappa shape index (κ2) is 7.74. The minimum atomic E-state index is -0.196. The normalized spacial score (nSPS) is 23.1.